The van der Waals surface area contributed by atoms with Gasteiger partial charge in [0, 0.05) is 25.1 Å². The Kier molecular flexibility index (Phi) is 2.77. The fourth-order valence-corrected chi connectivity index (χ4v) is 1.98. The molecule has 1 heterocycles. The molecule has 2 aromatic rings. The van der Waals surface area contributed by atoms with Crippen molar-refractivity contribution in [2.45, 2.75) is 19.3 Å². The van der Waals surface area contributed by atoms with E-state index in [0.29, 0.717) is 17.4 Å². The molecule has 2 nitrogen and oxygen atoms in total. The highest BCUT2D eigenvalue weighted by Crippen LogP contribution is 2.27. The minimum atomic E-state index is -0.201. The Balaban J connectivity index is 2.56. The topological polar surface area (TPSA) is 22.0 Å². The van der Waals surface area contributed by atoms with Gasteiger partial charge in [0.25, 0.3) is 0 Å². The number of halogens is 1. The van der Waals surface area contributed by atoms with Gasteiger partial charge in [-0.05, 0) is 23.6 Å². The maximum absolute atomic E-state index is 14.1. The van der Waals surface area contributed by atoms with E-state index in [4.69, 9.17) is 0 Å². The number of aromatic nitrogens is 1. The van der Waals surface area contributed by atoms with Crippen LogP contribution < -0.4 is 0 Å². The Morgan fingerprint density at radius 2 is 2.19 bits per heavy atom. The predicted octanol–water partition coefficient (Wildman–Crippen LogP) is 3.01. The molecule has 0 radical (unpaired) electrons. The molecule has 0 fully saturated rings. The van der Waals surface area contributed by atoms with Crippen LogP contribution in [0.15, 0.2) is 24.4 Å². The Morgan fingerprint density at radius 1 is 1.44 bits per heavy atom. The Labute approximate surface area is 93.7 Å². The van der Waals surface area contributed by atoms with Crippen LogP contribution in [0.3, 0.4) is 0 Å². The second-order valence-corrected chi connectivity index (χ2v) is 4.13. The normalized spacial score (nSPS) is 12.9. The molecule has 1 aromatic carbocycles. The molecule has 1 atom stereocenters. The molecule has 16 heavy (non-hydrogen) atoms. The summed E-state index contributed by atoms with van der Waals surface area (Å²) >= 11 is 0. The molecule has 0 saturated heterocycles. The van der Waals surface area contributed by atoms with E-state index in [0.717, 1.165) is 11.8 Å². The van der Waals surface area contributed by atoms with E-state index in [-0.39, 0.29) is 11.7 Å². The average molecular weight is 219 g/mol. The second kappa shape index (κ2) is 4.08. The van der Waals surface area contributed by atoms with Crippen LogP contribution in [0.5, 0.6) is 0 Å². The highest BCUT2D eigenvalue weighted by molar-refractivity contribution is 5.81. The first kappa shape index (κ1) is 10.9. The van der Waals surface area contributed by atoms with E-state index in [1.807, 2.05) is 30.8 Å². The lowest BCUT2D eigenvalue weighted by atomic mass is 9.96. The third-order valence-corrected chi connectivity index (χ3v) is 3.01. The number of aldehydes is 1. The summed E-state index contributed by atoms with van der Waals surface area (Å²) in [6.07, 6.45) is 3.02. The van der Waals surface area contributed by atoms with Gasteiger partial charge in [0.15, 0.2) is 0 Å². The number of carbonyl (C=O) groups excluding carboxylic acids is 1. The SMILES string of the molecule is CC(CC=O)c1ccc2c(ccn2C)c1F. The number of rotatable bonds is 3. The summed E-state index contributed by atoms with van der Waals surface area (Å²) in [5.74, 6) is -0.269. The predicted molar refractivity (Wildman–Crippen MR) is 62.0 cm³/mol. The molecule has 0 aliphatic heterocycles. The summed E-state index contributed by atoms with van der Waals surface area (Å²) in [7, 11) is 1.89. The summed E-state index contributed by atoms with van der Waals surface area (Å²) in [6.45, 7) is 1.86. The van der Waals surface area contributed by atoms with Crippen molar-refractivity contribution in [3.63, 3.8) is 0 Å². The van der Waals surface area contributed by atoms with Gasteiger partial charge >= 0.3 is 0 Å². The van der Waals surface area contributed by atoms with E-state index in [9.17, 15) is 9.18 Å². The zero-order valence-electron chi connectivity index (χ0n) is 9.40. The third-order valence-electron chi connectivity index (χ3n) is 3.01. The van der Waals surface area contributed by atoms with Gasteiger partial charge in [-0.2, -0.15) is 0 Å². The number of aryl methyl sites for hydroxylation is 1. The molecule has 0 amide bonds. The van der Waals surface area contributed by atoms with Crippen molar-refractivity contribution in [1.29, 1.82) is 0 Å². The lowest BCUT2D eigenvalue weighted by Gasteiger charge is -2.10. The van der Waals surface area contributed by atoms with Crippen molar-refractivity contribution in [2.24, 2.45) is 7.05 Å². The van der Waals surface area contributed by atoms with Crippen LogP contribution in [-0.2, 0) is 11.8 Å². The first-order valence-corrected chi connectivity index (χ1v) is 5.32. The van der Waals surface area contributed by atoms with Gasteiger partial charge in [-0.15, -0.1) is 0 Å². The smallest absolute Gasteiger partial charge is 0.136 e. The summed E-state index contributed by atoms with van der Waals surface area (Å²) in [5.41, 5.74) is 1.49. The van der Waals surface area contributed by atoms with Gasteiger partial charge in [0.2, 0.25) is 0 Å². The van der Waals surface area contributed by atoms with Gasteiger partial charge in [-0.3, -0.25) is 0 Å². The van der Waals surface area contributed by atoms with Crippen molar-refractivity contribution < 1.29 is 9.18 Å². The molecule has 0 bridgehead atoms. The van der Waals surface area contributed by atoms with Crippen molar-refractivity contribution in [2.75, 3.05) is 0 Å². The standard InChI is InChI=1S/C13H14FNO/c1-9(6-8-16)10-3-4-12-11(13(10)14)5-7-15(12)2/h3-5,7-9H,6H2,1-2H3. The summed E-state index contributed by atoms with van der Waals surface area (Å²) < 4.78 is 16.0. The summed E-state index contributed by atoms with van der Waals surface area (Å²) in [4.78, 5) is 10.4. The molecular weight excluding hydrogens is 205 g/mol. The van der Waals surface area contributed by atoms with Crippen LogP contribution in [0.1, 0.15) is 24.8 Å². The number of benzene rings is 1. The molecule has 0 spiro atoms. The average Bonchev–Trinajstić information content (AvgIpc) is 2.62. The molecule has 0 saturated carbocycles. The third kappa shape index (κ3) is 1.62. The van der Waals surface area contributed by atoms with Crippen LogP contribution in [0.25, 0.3) is 10.9 Å². The van der Waals surface area contributed by atoms with Gasteiger partial charge < -0.3 is 9.36 Å². The van der Waals surface area contributed by atoms with Crippen molar-refractivity contribution in [3.8, 4) is 0 Å². The van der Waals surface area contributed by atoms with Crippen LogP contribution in [-0.4, -0.2) is 10.9 Å². The Morgan fingerprint density at radius 3 is 2.88 bits per heavy atom. The lowest BCUT2D eigenvalue weighted by Crippen LogP contribution is -1.99. The van der Waals surface area contributed by atoms with Gasteiger partial charge in [0.05, 0.1) is 5.52 Å². The minimum absolute atomic E-state index is 0.0675. The number of nitrogens with zero attached hydrogens (tertiary/aromatic N) is 1. The summed E-state index contributed by atoms with van der Waals surface area (Å²) in [5, 5.41) is 0.623. The molecular formula is C13H14FNO. The van der Waals surface area contributed by atoms with Crippen molar-refractivity contribution in [1.82, 2.24) is 4.57 Å². The minimum Gasteiger partial charge on any atom is -0.350 e. The first-order chi connectivity index (χ1) is 7.65. The van der Waals surface area contributed by atoms with Crippen molar-refractivity contribution in [3.05, 3.63) is 35.8 Å². The van der Waals surface area contributed by atoms with Crippen LogP contribution in [0.2, 0.25) is 0 Å². The van der Waals surface area contributed by atoms with Crippen LogP contribution in [0.4, 0.5) is 4.39 Å². The van der Waals surface area contributed by atoms with Gasteiger partial charge in [0.1, 0.15) is 12.1 Å². The summed E-state index contributed by atoms with van der Waals surface area (Å²) in [6, 6.07) is 5.43. The molecule has 1 aromatic heterocycles. The van der Waals surface area contributed by atoms with E-state index in [1.54, 1.807) is 12.1 Å². The van der Waals surface area contributed by atoms with E-state index < -0.39 is 0 Å². The number of hydrogen-bond donors (Lipinski definition) is 0. The van der Waals surface area contributed by atoms with Gasteiger partial charge in [-0.1, -0.05) is 13.0 Å². The maximum Gasteiger partial charge on any atom is 0.136 e. The Hall–Kier alpha value is -1.64. The number of hydrogen-bond acceptors (Lipinski definition) is 1. The van der Waals surface area contributed by atoms with E-state index in [2.05, 4.69) is 0 Å². The molecule has 3 heteroatoms. The second-order valence-electron chi connectivity index (χ2n) is 4.13. The zero-order chi connectivity index (χ0) is 11.7. The number of fused-ring (bicyclic) bond motifs is 1. The lowest BCUT2D eigenvalue weighted by molar-refractivity contribution is -0.108. The monoisotopic (exact) mass is 219 g/mol. The molecule has 0 N–H and O–H groups in total. The molecule has 1 unspecified atom stereocenters. The van der Waals surface area contributed by atoms with Gasteiger partial charge in [-0.25, -0.2) is 4.39 Å². The zero-order valence-corrected chi connectivity index (χ0v) is 9.40. The molecule has 84 valence electrons. The fourth-order valence-electron chi connectivity index (χ4n) is 1.98. The molecule has 2 rings (SSSR count). The van der Waals surface area contributed by atoms with E-state index >= 15 is 0 Å². The maximum atomic E-state index is 14.1. The molecule has 0 aliphatic carbocycles. The molecule has 0 aliphatic rings. The number of carbonyl (C=O) groups is 1. The fraction of sp³-hybridized carbons (Fsp3) is 0.308. The van der Waals surface area contributed by atoms with Crippen LogP contribution >= 0.6 is 0 Å². The largest absolute Gasteiger partial charge is 0.350 e. The quantitative estimate of drug-likeness (QED) is 0.727. The van der Waals surface area contributed by atoms with E-state index in [1.165, 1.54) is 0 Å². The van der Waals surface area contributed by atoms with Crippen molar-refractivity contribution >= 4 is 17.2 Å². The van der Waals surface area contributed by atoms with Crippen LogP contribution in [0, 0.1) is 5.82 Å². The Bertz CT molecular complexity index is 530. The highest BCUT2D eigenvalue weighted by atomic mass is 19.1. The first-order valence-electron chi connectivity index (χ1n) is 5.32. The highest BCUT2D eigenvalue weighted by Gasteiger charge is 2.14.